The monoisotopic (exact) mass is 309 g/mol. The highest BCUT2D eigenvalue weighted by Gasteiger charge is 2.06. The minimum atomic E-state index is -0.439. The lowest BCUT2D eigenvalue weighted by molar-refractivity contribution is 0.199. The Morgan fingerprint density at radius 2 is 1.94 bits per heavy atom. The van der Waals surface area contributed by atoms with Crippen LogP contribution in [0.25, 0.3) is 0 Å². The third kappa shape index (κ3) is 3.31. The number of aromatic nitrogens is 1. The zero-order valence-electron chi connectivity index (χ0n) is 9.30. The van der Waals surface area contributed by atoms with Gasteiger partial charge in [0.1, 0.15) is 0 Å². The minimum absolute atomic E-state index is 0.439. The fourth-order valence-corrected chi connectivity index (χ4v) is 2.84. The van der Waals surface area contributed by atoms with Gasteiger partial charge in [0.15, 0.2) is 0 Å². The normalized spacial score (nSPS) is 12.4. The molecule has 1 heterocycles. The van der Waals surface area contributed by atoms with Gasteiger partial charge in [0.05, 0.1) is 6.10 Å². The molecule has 0 unspecified atom stereocenters. The molecule has 1 aromatic carbocycles. The Morgan fingerprint density at radius 3 is 2.53 bits per heavy atom. The topological polar surface area (TPSA) is 33.1 Å². The molecule has 17 heavy (non-hydrogen) atoms. The molecule has 0 radical (unpaired) electrons. The third-order valence-corrected chi connectivity index (χ3v) is 4.32. The molecule has 0 amide bonds. The third-order valence-electron chi connectivity index (χ3n) is 2.32. The first kappa shape index (κ1) is 12.6. The van der Waals surface area contributed by atoms with Gasteiger partial charge < -0.3 is 5.11 Å². The zero-order valence-corrected chi connectivity index (χ0v) is 11.7. The Hall–Kier alpha value is -0.840. The lowest BCUT2D eigenvalue weighted by Crippen LogP contribution is -1.90. The molecule has 0 saturated carbocycles. The first-order chi connectivity index (χ1) is 8.16. The van der Waals surface area contributed by atoms with E-state index in [4.69, 9.17) is 0 Å². The van der Waals surface area contributed by atoms with Crippen molar-refractivity contribution in [2.45, 2.75) is 22.8 Å². The number of hydrogen-bond acceptors (Lipinski definition) is 3. The maximum absolute atomic E-state index is 9.49. The first-order valence-corrected chi connectivity index (χ1v) is 6.83. The van der Waals surface area contributed by atoms with Gasteiger partial charge in [-0.2, -0.15) is 0 Å². The molecule has 1 atom stereocenters. The molecule has 88 valence electrons. The highest BCUT2D eigenvalue weighted by atomic mass is 79.9. The second-order valence-corrected chi connectivity index (χ2v) is 5.62. The van der Waals surface area contributed by atoms with Crippen molar-refractivity contribution in [3.63, 3.8) is 0 Å². The summed E-state index contributed by atoms with van der Waals surface area (Å²) in [6.45, 7) is 1.76. The van der Waals surface area contributed by atoms with E-state index in [2.05, 4.69) is 20.9 Å². The van der Waals surface area contributed by atoms with Gasteiger partial charge in [-0.15, -0.1) is 0 Å². The average Bonchev–Trinajstić information content (AvgIpc) is 2.33. The van der Waals surface area contributed by atoms with Crippen LogP contribution in [0, 0.1) is 0 Å². The van der Waals surface area contributed by atoms with E-state index in [0.29, 0.717) is 0 Å². The number of nitrogens with zero attached hydrogens (tertiary/aromatic N) is 1. The number of hydrogen-bond donors (Lipinski definition) is 1. The summed E-state index contributed by atoms with van der Waals surface area (Å²) in [7, 11) is 0. The molecular formula is C13H12BrNOS. The summed E-state index contributed by atoms with van der Waals surface area (Å²) in [6, 6.07) is 9.85. The average molecular weight is 310 g/mol. The molecule has 1 aromatic heterocycles. The van der Waals surface area contributed by atoms with Crippen molar-refractivity contribution in [3.05, 3.63) is 52.8 Å². The summed E-state index contributed by atoms with van der Waals surface area (Å²) in [5.74, 6) is 0. The van der Waals surface area contributed by atoms with E-state index in [1.54, 1.807) is 31.1 Å². The second kappa shape index (κ2) is 5.67. The summed E-state index contributed by atoms with van der Waals surface area (Å²) in [5, 5.41) is 9.49. The van der Waals surface area contributed by atoms with Crippen molar-refractivity contribution in [3.8, 4) is 0 Å². The molecular weight excluding hydrogens is 298 g/mol. The molecule has 2 rings (SSSR count). The van der Waals surface area contributed by atoms with Crippen LogP contribution >= 0.6 is 27.7 Å². The Kier molecular flexibility index (Phi) is 4.20. The van der Waals surface area contributed by atoms with Crippen LogP contribution in [0.2, 0.25) is 0 Å². The summed E-state index contributed by atoms with van der Waals surface area (Å²) < 4.78 is 0.998. The molecule has 0 aliphatic heterocycles. The lowest BCUT2D eigenvalue weighted by Gasteiger charge is -2.08. The number of aliphatic hydroxyl groups is 1. The van der Waals surface area contributed by atoms with E-state index in [0.717, 1.165) is 19.8 Å². The van der Waals surface area contributed by atoms with Gasteiger partial charge in [-0.05, 0) is 52.7 Å². The molecule has 1 N–H and O–H groups in total. The smallest absolute Gasteiger partial charge is 0.0762 e. The van der Waals surface area contributed by atoms with Gasteiger partial charge in [-0.3, -0.25) is 4.98 Å². The molecule has 0 aliphatic carbocycles. The summed E-state index contributed by atoms with van der Waals surface area (Å²) in [5.41, 5.74) is 0.913. The van der Waals surface area contributed by atoms with Crippen molar-refractivity contribution in [1.82, 2.24) is 4.98 Å². The van der Waals surface area contributed by atoms with Crippen LogP contribution in [0.1, 0.15) is 18.6 Å². The fourth-order valence-electron chi connectivity index (χ4n) is 1.39. The SMILES string of the molecule is C[C@@H](O)c1ccc(Sc2ccncc2)c(Br)c1. The summed E-state index contributed by atoms with van der Waals surface area (Å²) in [6.07, 6.45) is 3.12. The largest absolute Gasteiger partial charge is 0.389 e. The van der Waals surface area contributed by atoms with Crippen LogP contribution < -0.4 is 0 Å². The van der Waals surface area contributed by atoms with Crippen molar-refractivity contribution < 1.29 is 5.11 Å². The lowest BCUT2D eigenvalue weighted by atomic mass is 10.1. The molecule has 4 heteroatoms. The molecule has 0 saturated heterocycles. The van der Waals surface area contributed by atoms with Crippen molar-refractivity contribution in [2.24, 2.45) is 0 Å². The Bertz CT molecular complexity index is 502. The predicted molar refractivity (Wildman–Crippen MR) is 73.1 cm³/mol. The second-order valence-electron chi connectivity index (χ2n) is 3.65. The standard InChI is InChI=1S/C13H12BrNOS/c1-9(16)10-2-3-13(12(14)8-10)17-11-4-6-15-7-5-11/h2-9,16H,1H3/t9-/m1/s1. The van der Waals surface area contributed by atoms with Gasteiger partial charge in [-0.1, -0.05) is 17.8 Å². The van der Waals surface area contributed by atoms with Crippen LogP contribution in [-0.2, 0) is 0 Å². The summed E-state index contributed by atoms with van der Waals surface area (Å²) >= 11 is 5.19. The zero-order chi connectivity index (χ0) is 12.3. The maximum Gasteiger partial charge on any atom is 0.0762 e. The number of pyridine rings is 1. The summed E-state index contributed by atoms with van der Waals surface area (Å²) in [4.78, 5) is 6.26. The van der Waals surface area contributed by atoms with Crippen LogP contribution in [0.5, 0.6) is 0 Å². The van der Waals surface area contributed by atoms with Crippen LogP contribution in [0.4, 0.5) is 0 Å². The van der Waals surface area contributed by atoms with E-state index in [1.807, 2.05) is 30.3 Å². The van der Waals surface area contributed by atoms with Gasteiger partial charge in [0.25, 0.3) is 0 Å². The van der Waals surface area contributed by atoms with E-state index in [9.17, 15) is 5.11 Å². The highest BCUT2D eigenvalue weighted by Crippen LogP contribution is 2.34. The van der Waals surface area contributed by atoms with Crippen molar-refractivity contribution in [2.75, 3.05) is 0 Å². The highest BCUT2D eigenvalue weighted by molar-refractivity contribution is 9.10. The van der Waals surface area contributed by atoms with Crippen molar-refractivity contribution >= 4 is 27.7 Å². The molecule has 0 spiro atoms. The van der Waals surface area contributed by atoms with Crippen molar-refractivity contribution in [1.29, 1.82) is 0 Å². The molecule has 0 fully saturated rings. The minimum Gasteiger partial charge on any atom is -0.389 e. The van der Waals surface area contributed by atoms with Gasteiger partial charge >= 0.3 is 0 Å². The molecule has 2 aromatic rings. The maximum atomic E-state index is 9.49. The number of benzene rings is 1. The fraction of sp³-hybridized carbons (Fsp3) is 0.154. The number of aliphatic hydroxyl groups excluding tert-OH is 1. The number of halogens is 1. The van der Waals surface area contributed by atoms with Crippen LogP contribution in [0.15, 0.2) is 57.0 Å². The molecule has 2 nitrogen and oxygen atoms in total. The quantitative estimate of drug-likeness (QED) is 0.928. The van der Waals surface area contributed by atoms with E-state index < -0.39 is 6.10 Å². The van der Waals surface area contributed by atoms with Gasteiger partial charge in [0, 0.05) is 26.7 Å². The van der Waals surface area contributed by atoms with E-state index in [-0.39, 0.29) is 0 Å². The van der Waals surface area contributed by atoms with Crippen LogP contribution in [0.3, 0.4) is 0 Å². The van der Waals surface area contributed by atoms with E-state index >= 15 is 0 Å². The Labute approximate surface area is 113 Å². The molecule has 0 aliphatic rings. The van der Waals surface area contributed by atoms with Crippen LogP contribution in [-0.4, -0.2) is 10.1 Å². The van der Waals surface area contributed by atoms with Gasteiger partial charge in [0.2, 0.25) is 0 Å². The Balaban J connectivity index is 2.23. The van der Waals surface area contributed by atoms with E-state index in [1.165, 1.54) is 0 Å². The Morgan fingerprint density at radius 1 is 1.24 bits per heavy atom. The van der Waals surface area contributed by atoms with Gasteiger partial charge in [-0.25, -0.2) is 0 Å². The molecule has 0 bridgehead atoms. The number of rotatable bonds is 3. The first-order valence-electron chi connectivity index (χ1n) is 5.22. The predicted octanol–water partition coefficient (Wildman–Crippen LogP) is 4.05.